The van der Waals surface area contributed by atoms with E-state index >= 15 is 0 Å². The molecule has 1 aliphatic heterocycles. The Hall–Kier alpha value is -1.55. The monoisotopic (exact) mass is 319 g/mol. The van der Waals surface area contributed by atoms with Gasteiger partial charge in [0.15, 0.2) is 0 Å². The molecule has 1 heterocycles. The highest BCUT2D eigenvalue weighted by Gasteiger charge is 2.09. The fourth-order valence-corrected chi connectivity index (χ4v) is 2.10. The van der Waals surface area contributed by atoms with Crippen LogP contribution in [0, 0.1) is 0 Å². The molecule has 0 spiro atoms. The van der Waals surface area contributed by atoms with Crippen LogP contribution in [-0.2, 0) is 0 Å². The Labute approximate surface area is 123 Å². The smallest absolute Gasteiger partial charge is 0.0675 e. The molecule has 0 aromatic heterocycles. The fraction of sp³-hybridized carbons (Fsp3) is 0.267. The van der Waals surface area contributed by atoms with Crippen molar-refractivity contribution in [1.82, 2.24) is 5.01 Å². The summed E-state index contributed by atoms with van der Waals surface area (Å²) < 4.78 is 1.03. The molecule has 1 aromatic carbocycles. The number of halogens is 1. The Bertz CT molecular complexity index is 515. The second-order valence-electron chi connectivity index (χ2n) is 4.72. The van der Waals surface area contributed by atoms with E-state index in [0.29, 0.717) is 0 Å². The van der Waals surface area contributed by atoms with E-state index in [4.69, 9.17) is 0 Å². The summed E-state index contributed by atoms with van der Waals surface area (Å²) in [5, 5.41) is 6.43. The summed E-state index contributed by atoms with van der Waals surface area (Å²) in [5.41, 5.74) is 2.28. The maximum atomic E-state index is 4.50. The van der Waals surface area contributed by atoms with Crippen molar-refractivity contribution in [2.75, 3.05) is 19.0 Å². The van der Waals surface area contributed by atoms with Crippen molar-refractivity contribution >= 4 is 27.8 Å². The maximum absolute atomic E-state index is 4.50. The molecular weight excluding hydrogens is 302 g/mol. The van der Waals surface area contributed by atoms with Gasteiger partial charge >= 0.3 is 0 Å². The quantitative estimate of drug-likeness (QED) is 0.793. The van der Waals surface area contributed by atoms with Gasteiger partial charge < -0.3 is 4.90 Å². The number of anilines is 1. The number of benzene rings is 1. The van der Waals surface area contributed by atoms with Gasteiger partial charge in [-0.25, -0.2) is 0 Å². The van der Waals surface area contributed by atoms with Crippen LogP contribution < -0.4 is 4.90 Å². The minimum absolute atomic E-state index is 0.276. The van der Waals surface area contributed by atoms with E-state index in [-0.39, 0.29) is 6.04 Å². The van der Waals surface area contributed by atoms with Crippen LogP contribution in [0.3, 0.4) is 0 Å². The molecule has 1 aromatic rings. The molecule has 1 aliphatic rings. The Morgan fingerprint density at radius 2 is 1.95 bits per heavy atom. The lowest BCUT2D eigenvalue weighted by Gasteiger charge is -2.23. The zero-order valence-corrected chi connectivity index (χ0v) is 13.0. The van der Waals surface area contributed by atoms with Crippen molar-refractivity contribution < 1.29 is 0 Å². The van der Waals surface area contributed by atoms with Gasteiger partial charge in [-0.2, -0.15) is 5.10 Å². The van der Waals surface area contributed by atoms with Gasteiger partial charge in [-0.15, -0.1) is 0 Å². The Kier molecular flexibility index (Phi) is 4.43. The van der Waals surface area contributed by atoms with E-state index in [9.17, 15) is 0 Å². The molecule has 0 saturated carbocycles. The molecule has 1 unspecified atom stereocenters. The molecular formula is C15H18BrN3. The van der Waals surface area contributed by atoms with Crippen molar-refractivity contribution in [3.63, 3.8) is 0 Å². The van der Waals surface area contributed by atoms with E-state index in [1.165, 1.54) is 5.69 Å². The van der Waals surface area contributed by atoms with Crippen molar-refractivity contribution in [1.29, 1.82) is 0 Å². The van der Waals surface area contributed by atoms with E-state index in [1.807, 2.05) is 37.6 Å². The standard InChI is InChI=1S/C15H18BrN3/c1-12-4-7-14(16)11-19(12)17-10-13-5-8-15(9-6-13)18(2)3/h4-12H,1-3H3. The first kappa shape index (κ1) is 13.9. The first-order chi connectivity index (χ1) is 9.06. The molecule has 0 radical (unpaired) electrons. The highest BCUT2D eigenvalue weighted by atomic mass is 79.9. The van der Waals surface area contributed by atoms with Crippen LogP contribution in [0.2, 0.25) is 0 Å². The first-order valence-electron chi connectivity index (χ1n) is 6.21. The van der Waals surface area contributed by atoms with Crippen LogP contribution in [0.1, 0.15) is 12.5 Å². The Morgan fingerprint density at radius 1 is 1.26 bits per heavy atom. The molecule has 0 saturated heterocycles. The van der Waals surface area contributed by atoms with Gasteiger partial charge in [0, 0.05) is 30.5 Å². The van der Waals surface area contributed by atoms with Crippen LogP contribution >= 0.6 is 15.9 Å². The Morgan fingerprint density at radius 3 is 2.58 bits per heavy atom. The van der Waals surface area contributed by atoms with Gasteiger partial charge in [0.2, 0.25) is 0 Å². The highest BCUT2D eigenvalue weighted by molar-refractivity contribution is 9.11. The van der Waals surface area contributed by atoms with Crippen LogP contribution in [0.15, 0.2) is 52.2 Å². The van der Waals surface area contributed by atoms with Gasteiger partial charge in [0.05, 0.1) is 12.3 Å². The lowest BCUT2D eigenvalue weighted by Crippen LogP contribution is -2.23. The fourth-order valence-electron chi connectivity index (χ4n) is 1.74. The normalized spacial score (nSPS) is 18.8. The second-order valence-corrected chi connectivity index (χ2v) is 5.64. The highest BCUT2D eigenvalue weighted by Crippen LogP contribution is 2.18. The molecule has 0 fully saturated rings. The van der Waals surface area contributed by atoms with Gasteiger partial charge in [0.25, 0.3) is 0 Å². The average molecular weight is 320 g/mol. The zero-order valence-electron chi connectivity index (χ0n) is 11.4. The largest absolute Gasteiger partial charge is 0.378 e. The summed E-state index contributed by atoms with van der Waals surface area (Å²) >= 11 is 3.46. The molecule has 4 heteroatoms. The van der Waals surface area contributed by atoms with Crippen molar-refractivity contribution in [2.24, 2.45) is 5.10 Å². The molecule has 0 aliphatic carbocycles. The molecule has 0 bridgehead atoms. The molecule has 2 rings (SSSR count). The topological polar surface area (TPSA) is 18.8 Å². The lowest BCUT2D eigenvalue weighted by molar-refractivity contribution is 0.352. The number of hydrogen-bond acceptors (Lipinski definition) is 3. The van der Waals surface area contributed by atoms with E-state index in [0.717, 1.165) is 10.0 Å². The van der Waals surface area contributed by atoms with Gasteiger partial charge in [0.1, 0.15) is 0 Å². The van der Waals surface area contributed by atoms with Gasteiger partial charge in [-0.05, 0) is 46.6 Å². The number of rotatable bonds is 3. The first-order valence-corrected chi connectivity index (χ1v) is 7.01. The van der Waals surface area contributed by atoms with E-state index in [1.54, 1.807) is 0 Å². The third-order valence-electron chi connectivity index (χ3n) is 2.96. The van der Waals surface area contributed by atoms with Crippen molar-refractivity contribution in [3.05, 3.63) is 52.7 Å². The molecule has 0 amide bonds. The predicted octanol–water partition coefficient (Wildman–Crippen LogP) is 3.58. The summed E-state index contributed by atoms with van der Waals surface area (Å²) in [6.45, 7) is 2.11. The minimum atomic E-state index is 0.276. The summed E-state index contributed by atoms with van der Waals surface area (Å²) in [4.78, 5) is 2.08. The molecule has 0 N–H and O–H groups in total. The summed E-state index contributed by atoms with van der Waals surface area (Å²) in [5.74, 6) is 0. The predicted molar refractivity (Wildman–Crippen MR) is 85.8 cm³/mol. The third-order valence-corrected chi connectivity index (χ3v) is 3.43. The Balaban J connectivity index is 2.08. The summed E-state index contributed by atoms with van der Waals surface area (Å²) in [6, 6.07) is 8.60. The maximum Gasteiger partial charge on any atom is 0.0675 e. The average Bonchev–Trinajstić information content (AvgIpc) is 2.40. The molecule has 1 atom stereocenters. The minimum Gasteiger partial charge on any atom is -0.378 e. The summed E-state index contributed by atoms with van der Waals surface area (Å²) in [6.07, 6.45) is 8.01. The third kappa shape index (κ3) is 3.70. The number of hydrogen-bond donors (Lipinski definition) is 0. The van der Waals surface area contributed by atoms with Gasteiger partial charge in [-0.1, -0.05) is 18.2 Å². The molecule has 19 heavy (non-hydrogen) atoms. The van der Waals surface area contributed by atoms with Crippen molar-refractivity contribution in [3.8, 4) is 0 Å². The van der Waals surface area contributed by atoms with Crippen LogP contribution in [-0.4, -0.2) is 31.4 Å². The lowest BCUT2D eigenvalue weighted by atomic mass is 10.2. The molecule has 3 nitrogen and oxygen atoms in total. The van der Waals surface area contributed by atoms with Crippen LogP contribution in [0.25, 0.3) is 0 Å². The SMILES string of the molecule is CC1C=CC(Br)=CN1N=Cc1ccc(N(C)C)cc1. The van der Waals surface area contributed by atoms with E-state index in [2.05, 4.69) is 63.2 Å². The number of allylic oxidation sites excluding steroid dienone is 2. The number of hydrazone groups is 1. The second kappa shape index (κ2) is 6.06. The number of nitrogens with zero attached hydrogens (tertiary/aromatic N) is 3. The summed E-state index contributed by atoms with van der Waals surface area (Å²) in [7, 11) is 4.07. The molecule has 100 valence electrons. The zero-order chi connectivity index (χ0) is 13.8. The van der Waals surface area contributed by atoms with Crippen molar-refractivity contribution in [2.45, 2.75) is 13.0 Å². The van der Waals surface area contributed by atoms with Crippen LogP contribution in [0.5, 0.6) is 0 Å². The van der Waals surface area contributed by atoms with E-state index < -0.39 is 0 Å². The van der Waals surface area contributed by atoms with Crippen LogP contribution in [0.4, 0.5) is 5.69 Å². The van der Waals surface area contributed by atoms with Gasteiger partial charge in [-0.3, -0.25) is 5.01 Å².